The second-order valence-corrected chi connectivity index (χ2v) is 2.76. The zero-order valence-electron chi connectivity index (χ0n) is 7.34. The summed E-state index contributed by atoms with van der Waals surface area (Å²) in [5.74, 6) is 0.753. The van der Waals surface area contributed by atoms with Crippen LogP contribution in [0.2, 0.25) is 0 Å². The Bertz CT molecular complexity index is 72.5. The van der Waals surface area contributed by atoms with Crippen LogP contribution in [-0.2, 0) is 0 Å². The van der Waals surface area contributed by atoms with E-state index in [1.165, 1.54) is 19.4 Å². The standard InChI is InChI=1S/C6H14N2.C2H6O/c7-4-6-2-1-3-8-5-6;1-2-3/h6,8H,1-5,7H2;3H,2H2,1H3. The number of hydrogen-bond acceptors (Lipinski definition) is 3. The van der Waals surface area contributed by atoms with Gasteiger partial charge >= 0.3 is 0 Å². The largest absolute Gasteiger partial charge is 0.397 e. The molecule has 1 aliphatic heterocycles. The molecule has 1 heterocycles. The van der Waals surface area contributed by atoms with Crippen molar-refractivity contribution in [3.05, 3.63) is 0 Å². The summed E-state index contributed by atoms with van der Waals surface area (Å²) in [6, 6.07) is 0. The van der Waals surface area contributed by atoms with Crippen molar-refractivity contribution in [1.82, 2.24) is 5.32 Å². The zero-order valence-corrected chi connectivity index (χ0v) is 7.34. The first-order valence-corrected chi connectivity index (χ1v) is 4.36. The van der Waals surface area contributed by atoms with Gasteiger partial charge in [0.1, 0.15) is 0 Å². The van der Waals surface area contributed by atoms with Crippen LogP contribution in [0.1, 0.15) is 19.8 Å². The Morgan fingerprint density at radius 1 is 1.64 bits per heavy atom. The molecule has 1 saturated heterocycles. The van der Waals surface area contributed by atoms with Gasteiger partial charge in [0.15, 0.2) is 0 Å². The van der Waals surface area contributed by atoms with Gasteiger partial charge in [-0.3, -0.25) is 0 Å². The lowest BCUT2D eigenvalue weighted by atomic mass is 10.0. The van der Waals surface area contributed by atoms with Crippen LogP contribution in [-0.4, -0.2) is 31.3 Å². The second-order valence-electron chi connectivity index (χ2n) is 2.76. The van der Waals surface area contributed by atoms with Crippen LogP contribution in [0.3, 0.4) is 0 Å². The maximum atomic E-state index is 7.57. The second kappa shape index (κ2) is 7.98. The van der Waals surface area contributed by atoms with E-state index in [0.29, 0.717) is 0 Å². The molecule has 3 heteroatoms. The van der Waals surface area contributed by atoms with Crippen LogP contribution in [0.25, 0.3) is 0 Å². The van der Waals surface area contributed by atoms with Gasteiger partial charge in [0.05, 0.1) is 0 Å². The molecule has 0 aromatic carbocycles. The predicted molar refractivity (Wildman–Crippen MR) is 47.4 cm³/mol. The van der Waals surface area contributed by atoms with Gasteiger partial charge in [-0.05, 0) is 45.3 Å². The lowest BCUT2D eigenvalue weighted by Gasteiger charge is -2.20. The highest BCUT2D eigenvalue weighted by atomic mass is 16.2. The highest BCUT2D eigenvalue weighted by Gasteiger charge is 2.09. The number of rotatable bonds is 1. The van der Waals surface area contributed by atoms with E-state index in [0.717, 1.165) is 19.0 Å². The SMILES string of the molecule is CCO.NCC1CCCNC1. The third-order valence-corrected chi connectivity index (χ3v) is 1.73. The summed E-state index contributed by atoms with van der Waals surface area (Å²) in [5.41, 5.74) is 5.46. The maximum Gasteiger partial charge on any atom is 0.0402 e. The van der Waals surface area contributed by atoms with Gasteiger partial charge in [-0.2, -0.15) is 0 Å². The van der Waals surface area contributed by atoms with E-state index in [1.54, 1.807) is 6.92 Å². The Morgan fingerprint density at radius 3 is 2.55 bits per heavy atom. The fourth-order valence-corrected chi connectivity index (χ4v) is 1.13. The average Bonchev–Trinajstić information content (AvgIpc) is 2.08. The van der Waals surface area contributed by atoms with E-state index < -0.39 is 0 Å². The fourth-order valence-electron chi connectivity index (χ4n) is 1.13. The summed E-state index contributed by atoms with van der Waals surface area (Å²) in [7, 11) is 0. The topological polar surface area (TPSA) is 58.3 Å². The minimum Gasteiger partial charge on any atom is -0.397 e. The minimum absolute atomic E-state index is 0.250. The summed E-state index contributed by atoms with van der Waals surface area (Å²) >= 11 is 0. The lowest BCUT2D eigenvalue weighted by molar-refractivity contribution is 0.318. The molecule has 0 bridgehead atoms. The molecule has 1 fully saturated rings. The van der Waals surface area contributed by atoms with E-state index in [9.17, 15) is 0 Å². The molecule has 1 rings (SSSR count). The van der Waals surface area contributed by atoms with Crippen LogP contribution in [0.5, 0.6) is 0 Å². The van der Waals surface area contributed by atoms with Crippen molar-refractivity contribution in [2.45, 2.75) is 19.8 Å². The number of aliphatic hydroxyl groups excluding tert-OH is 1. The van der Waals surface area contributed by atoms with Crippen LogP contribution in [0.4, 0.5) is 0 Å². The molecular formula is C8H20N2O. The van der Waals surface area contributed by atoms with Crippen molar-refractivity contribution in [1.29, 1.82) is 0 Å². The fraction of sp³-hybridized carbons (Fsp3) is 1.00. The van der Waals surface area contributed by atoms with Gasteiger partial charge in [-0.1, -0.05) is 0 Å². The van der Waals surface area contributed by atoms with Crippen molar-refractivity contribution in [2.24, 2.45) is 11.7 Å². The number of aliphatic hydroxyl groups is 1. The van der Waals surface area contributed by atoms with Crippen molar-refractivity contribution < 1.29 is 5.11 Å². The zero-order chi connectivity index (χ0) is 8.53. The molecular weight excluding hydrogens is 140 g/mol. The molecule has 0 aromatic heterocycles. The van der Waals surface area contributed by atoms with Crippen molar-refractivity contribution in [3.8, 4) is 0 Å². The Labute approximate surface area is 69.0 Å². The molecule has 1 aliphatic rings. The molecule has 0 saturated carbocycles. The Balaban J connectivity index is 0.000000292. The van der Waals surface area contributed by atoms with Crippen LogP contribution in [0.15, 0.2) is 0 Å². The molecule has 4 N–H and O–H groups in total. The van der Waals surface area contributed by atoms with Crippen molar-refractivity contribution in [3.63, 3.8) is 0 Å². The quantitative estimate of drug-likeness (QED) is 0.504. The molecule has 11 heavy (non-hydrogen) atoms. The molecule has 0 aromatic rings. The maximum absolute atomic E-state index is 7.57. The number of hydrogen-bond donors (Lipinski definition) is 3. The summed E-state index contributed by atoms with van der Waals surface area (Å²) in [6.45, 7) is 5.11. The third kappa shape index (κ3) is 6.28. The molecule has 68 valence electrons. The monoisotopic (exact) mass is 160 g/mol. The normalized spacial score (nSPS) is 23.7. The smallest absolute Gasteiger partial charge is 0.0402 e. The van der Waals surface area contributed by atoms with Crippen LogP contribution < -0.4 is 11.1 Å². The average molecular weight is 160 g/mol. The summed E-state index contributed by atoms with van der Waals surface area (Å²) in [5, 5.41) is 10.9. The van der Waals surface area contributed by atoms with Crippen molar-refractivity contribution >= 4 is 0 Å². The molecule has 0 spiro atoms. The van der Waals surface area contributed by atoms with E-state index in [4.69, 9.17) is 10.8 Å². The van der Waals surface area contributed by atoms with E-state index >= 15 is 0 Å². The predicted octanol–water partition coefficient (Wildman–Crippen LogP) is -0.0567. The number of nitrogens with one attached hydrogen (secondary N) is 1. The number of piperidine rings is 1. The summed E-state index contributed by atoms with van der Waals surface area (Å²) in [6.07, 6.45) is 2.63. The third-order valence-electron chi connectivity index (χ3n) is 1.73. The molecule has 0 amide bonds. The van der Waals surface area contributed by atoms with Gasteiger partial charge in [0.25, 0.3) is 0 Å². The van der Waals surface area contributed by atoms with Crippen molar-refractivity contribution in [2.75, 3.05) is 26.2 Å². The van der Waals surface area contributed by atoms with Crippen LogP contribution in [0, 0.1) is 5.92 Å². The Morgan fingerprint density at radius 2 is 2.27 bits per heavy atom. The Hall–Kier alpha value is -0.120. The van der Waals surface area contributed by atoms with E-state index in [-0.39, 0.29) is 6.61 Å². The molecule has 1 atom stereocenters. The van der Waals surface area contributed by atoms with E-state index in [2.05, 4.69) is 5.32 Å². The van der Waals surface area contributed by atoms with Gasteiger partial charge in [-0.15, -0.1) is 0 Å². The molecule has 0 radical (unpaired) electrons. The molecule has 3 nitrogen and oxygen atoms in total. The first-order chi connectivity index (χ1) is 5.35. The van der Waals surface area contributed by atoms with Gasteiger partial charge in [-0.25, -0.2) is 0 Å². The summed E-state index contributed by atoms with van der Waals surface area (Å²) in [4.78, 5) is 0. The Kier molecular flexibility index (Phi) is 7.89. The number of nitrogens with two attached hydrogens (primary N) is 1. The first kappa shape index (κ1) is 10.9. The van der Waals surface area contributed by atoms with E-state index in [1.807, 2.05) is 0 Å². The van der Waals surface area contributed by atoms with Crippen LogP contribution >= 0.6 is 0 Å². The molecule has 0 aliphatic carbocycles. The first-order valence-electron chi connectivity index (χ1n) is 4.36. The summed E-state index contributed by atoms with van der Waals surface area (Å²) < 4.78 is 0. The van der Waals surface area contributed by atoms with Gasteiger partial charge in [0, 0.05) is 6.61 Å². The highest BCUT2D eigenvalue weighted by molar-refractivity contribution is 4.68. The van der Waals surface area contributed by atoms with Gasteiger partial charge < -0.3 is 16.2 Å². The lowest BCUT2D eigenvalue weighted by Crippen LogP contribution is -2.33. The highest BCUT2D eigenvalue weighted by Crippen LogP contribution is 2.06. The minimum atomic E-state index is 0.250. The molecule has 1 unspecified atom stereocenters. The van der Waals surface area contributed by atoms with Gasteiger partial charge in [0.2, 0.25) is 0 Å².